The fraction of sp³-hybridized carbons (Fsp3) is 0.238. The van der Waals surface area contributed by atoms with Crippen LogP contribution in [0.5, 0.6) is 11.6 Å². The average molecular weight is 383 g/mol. The van der Waals surface area contributed by atoms with Crippen LogP contribution in [-0.4, -0.2) is 29.4 Å². The highest BCUT2D eigenvalue weighted by Crippen LogP contribution is 2.26. The second-order valence-electron chi connectivity index (χ2n) is 6.13. The van der Waals surface area contributed by atoms with Gasteiger partial charge in [0, 0.05) is 11.6 Å². The zero-order chi connectivity index (χ0) is 20.1. The molecule has 1 heterocycles. The summed E-state index contributed by atoms with van der Waals surface area (Å²) in [5.41, 5.74) is 1.53. The van der Waals surface area contributed by atoms with Gasteiger partial charge in [-0.1, -0.05) is 18.2 Å². The molecular weight excluding hydrogens is 361 g/mol. The first-order valence-electron chi connectivity index (χ1n) is 8.96. The Kier molecular flexibility index (Phi) is 5.93. The Hall–Kier alpha value is -3.35. The summed E-state index contributed by atoms with van der Waals surface area (Å²) in [6.45, 7) is 4.06. The Morgan fingerprint density at radius 1 is 1.21 bits per heavy atom. The van der Waals surface area contributed by atoms with Gasteiger partial charge in [0.05, 0.1) is 25.4 Å². The number of rotatable bonds is 7. The molecule has 0 saturated heterocycles. The van der Waals surface area contributed by atoms with Gasteiger partial charge in [-0.15, -0.1) is 0 Å². The molecule has 0 saturated carbocycles. The van der Waals surface area contributed by atoms with Crippen molar-refractivity contribution in [3.05, 3.63) is 71.7 Å². The first kappa shape index (κ1) is 19.4. The third-order valence-corrected chi connectivity index (χ3v) is 4.21. The van der Waals surface area contributed by atoms with Crippen molar-refractivity contribution in [2.75, 3.05) is 13.7 Å². The van der Waals surface area contributed by atoms with Crippen molar-refractivity contribution >= 4 is 5.91 Å². The molecule has 1 N–H and O–H groups in total. The fourth-order valence-electron chi connectivity index (χ4n) is 2.87. The molecule has 0 spiro atoms. The molecule has 0 bridgehead atoms. The molecule has 0 aliphatic carbocycles. The number of nitrogens with zero attached hydrogens (tertiary/aromatic N) is 2. The van der Waals surface area contributed by atoms with Crippen molar-refractivity contribution in [3.63, 3.8) is 0 Å². The molecule has 28 heavy (non-hydrogen) atoms. The predicted molar refractivity (Wildman–Crippen MR) is 104 cm³/mol. The van der Waals surface area contributed by atoms with Crippen LogP contribution >= 0.6 is 0 Å². The first-order chi connectivity index (χ1) is 13.5. The van der Waals surface area contributed by atoms with Crippen molar-refractivity contribution in [2.24, 2.45) is 0 Å². The van der Waals surface area contributed by atoms with E-state index < -0.39 is 17.8 Å². The second kappa shape index (κ2) is 8.56. The van der Waals surface area contributed by atoms with E-state index in [1.807, 2.05) is 37.3 Å². The molecule has 1 aromatic heterocycles. The molecule has 6 nitrogen and oxygen atoms in total. The SMILES string of the molecule is CCOc1cc(C(=O)NC(C)c2cc(F)ccc2OC)nn1-c1ccccc1. The van der Waals surface area contributed by atoms with Crippen molar-refractivity contribution in [1.29, 1.82) is 0 Å². The van der Waals surface area contributed by atoms with Gasteiger partial charge in [-0.25, -0.2) is 9.07 Å². The molecule has 0 fully saturated rings. The summed E-state index contributed by atoms with van der Waals surface area (Å²) >= 11 is 0. The number of para-hydroxylation sites is 1. The van der Waals surface area contributed by atoms with Crippen LogP contribution in [0.25, 0.3) is 5.69 Å². The third kappa shape index (κ3) is 4.14. The quantitative estimate of drug-likeness (QED) is 0.672. The lowest BCUT2D eigenvalue weighted by Crippen LogP contribution is -2.27. The van der Waals surface area contributed by atoms with E-state index in [0.29, 0.717) is 23.8 Å². The topological polar surface area (TPSA) is 65.4 Å². The molecule has 1 atom stereocenters. The number of methoxy groups -OCH3 is 1. The smallest absolute Gasteiger partial charge is 0.272 e. The number of carbonyl (C=O) groups is 1. The van der Waals surface area contributed by atoms with Crippen LogP contribution in [0.3, 0.4) is 0 Å². The lowest BCUT2D eigenvalue weighted by molar-refractivity contribution is 0.0934. The number of nitrogens with one attached hydrogen (secondary N) is 1. The van der Waals surface area contributed by atoms with E-state index in [1.165, 1.54) is 25.3 Å². The lowest BCUT2D eigenvalue weighted by Gasteiger charge is -2.16. The summed E-state index contributed by atoms with van der Waals surface area (Å²) in [6, 6.07) is 14.7. The molecule has 1 amide bonds. The van der Waals surface area contributed by atoms with Crippen LogP contribution in [-0.2, 0) is 0 Å². The van der Waals surface area contributed by atoms with E-state index in [2.05, 4.69) is 10.4 Å². The number of halogens is 1. The van der Waals surface area contributed by atoms with Gasteiger partial charge < -0.3 is 14.8 Å². The van der Waals surface area contributed by atoms with Crippen LogP contribution in [0, 0.1) is 5.82 Å². The molecule has 3 aromatic rings. The molecule has 7 heteroatoms. The van der Waals surface area contributed by atoms with Crippen LogP contribution in [0.2, 0.25) is 0 Å². The maximum absolute atomic E-state index is 13.6. The molecule has 0 aliphatic heterocycles. The number of aromatic nitrogens is 2. The minimum atomic E-state index is -0.476. The highest BCUT2D eigenvalue weighted by Gasteiger charge is 2.20. The van der Waals surface area contributed by atoms with E-state index >= 15 is 0 Å². The zero-order valence-electron chi connectivity index (χ0n) is 16.0. The molecule has 146 valence electrons. The van der Waals surface area contributed by atoms with E-state index in [1.54, 1.807) is 17.7 Å². The number of amides is 1. The van der Waals surface area contributed by atoms with E-state index in [-0.39, 0.29) is 5.69 Å². The highest BCUT2D eigenvalue weighted by atomic mass is 19.1. The molecule has 2 aromatic carbocycles. The maximum atomic E-state index is 13.6. The summed E-state index contributed by atoms with van der Waals surface area (Å²) in [5.74, 6) is 0.173. The molecular formula is C21H22FN3O3. The number of benzene rings is 2. The Morgan fingerprint density at radius 3 is 2.64 bits per heavy atom. The molecule has 3 rings (SSSR count). The van der Waals surface area contributed by atoms with Gasteiger partial charge in [-0.05, 0) is 44.2 Å². The second-order valence-corrected chi connectivity index (χ2v) is 6.13. The minimum Gasteiger partial charge on any atom is -0.496 e. The summed E-state index contributed by atoms with van der Waals surface area (Å²) in [6.07, 6.45) is 0. The van der Waals surface area contributed by atoms with Gasteiger partial charge in [0.2, 0.25) is 5.88 Å². The first-order valence-corrected chi connectivity index (χ1v) is 8.96. The Labute approximate surface area is 162 Å². The number of carbonyl (C=O) groups excluding carboxylic acids is 1. The highest BCUT2D eigenvalue weighted by molar-refractivity contribution is 5.93. The number of hydrogen-bond donors (Lipinski definition) is 1. The zero-order valence-corrected chi connectivity index (χ0v) is 16.0. The van der Waals surface area contributed by atoms with E-state index in [0.717, 1.165) is 5.69 Å². The van der Waals surface area contributed by atoms with Crippen LogP contribution < -0.4 is 14.8 Å². The van der Waals surface area contributed by atoms with Crippen molar-refractivity contribution in [2.45, 2.75) is 19.9 Å². The van der Waals surface area contributed by atoms with Gasteiger partial charge in [0.1, 0.15) is 11.6 Å². The Bertz CT molecular complexity index is 957. The van der Waals surface area contributed by atoms with Gasteiger partial charge in [0.25, 0.3) is 5.91 Å². The Morgan fingerprint density at radius 2 is 1.96 bits per heavy atom. The average Bonchev–Trinajstić information content (AvgIpc) is 3.13. The van der Waals surface area contributed by atoms with Crippen molar-refractivity contribution in [1.82, 2.24) is 15.1 Å². The summed E-state index contributed by atoms with van der Waals surface area (Å²) < 4.78 is 26.1. The molecule has 0 aliphatic rings. The van der Waals surface area contributed by atoms with Crippen LogP contribution in [0.1, 0.15) is 35.9 Å². The van der Waals surface area contributed by atoms with E-state index in [4.69, 9.17) is 9.47 Å². The minimum absolute atomic E-state index is 0.203. The molecule has 0 radical (unpaired) electrons. The number of hydrogen-bond acceptors (Lipinski definition) is 4. The van der Waals surface area contributed by atoms with Gasteiger partial charge in [0.15, 0.2) is 5.69 Å². The summed E-state index contributed by atoms with van der Waals surface area (Å²) in [5, 5.41) is 7.21. The normalized spacial score (nSPS) is 11.7. The summed E-state index contributed by atoms with van der Waals surface area (Å²) in [7, 11) is 1.50. The van der Waals surface area contributed by atoms with Crippen LogP contribution in [0.15, 0.2) is 54.6 Å². The standard InChI is InChI=1S/C21H22FN3O3/c1-4-28-20-13-18(24-25(20)16-8-6-5-7-9-16)21(26)23-14(2)17-12-15(22)10-11-19(17)27-3/h5-14H,4H2,1-3H3,(H,23,26). The van der Waals surface area contributed by atoms with Gasteiger partial charge in [-0.2, -0.15) is 5.10 Å². The monoisotopic (exact) mass is 383 g/mol. The van der Waals surface area contributed by atoms with E-state index in [9.17, 15) is 9.18 Å². The van der Waals surface area contributed by atoms with Crippen LogP contribution in [0.4, 0.5) is 4.39 Å². The lowest BCUT2D eigenvalue weighted by atomic mass is 10.1. The molecule has 1 unspecified atom stereocenters. The Balaban J connectivity index is 1.86. The van der Waals surface area contributed by atoms with Gasteiger partial charge in [-0.3, -0.25) is 4.79 Å². The summed E-state index contributed by atoms with van der Waals surface area (Å²) in [4.78, 5) is 12.7. The number of ether oxygens (including phenoxy) is 2. The predicted octanol–water partition coefficient (Wildman–Crippen LogP) is 3.91. The third-order valence-electron chi connectivity index (χ3n) is 4.21. The van der Waals surface area contributed by atoms with Gasteiger partial charge >= 0.3 is 0 Å². The maximum Gasteiger partial charge on any atom is 0.272 e. The van der Waals surface area contributed by atoms with Crippen molar-refractivity contribution < 1.29 is 18.7 Å². The van der Waals surface area contributed by atoms with Crippen molar-refractivity contribution in [3.8, 4) is 17.3 Å². The fourth-order valence-corrected chi connectivity index (χ4v) is 2.87. The largest absolute Gasteiger partial charge is 0.496 e.